The van der Waals surface area contributed by atoms with Gasteiger partial charge < -0.3 is 19.7 Å². The van der Waals surface area contributed by atoms with E-state index in [2.05, 4.69) is 0 Å². The highest BCUT2D eigenvalue weighted by atomic mass is 16.5. The van der Waals surface area contributed by atoms with E-state index in [0.29, 0.717) is 0 Å². The standard InChI is InChI=1S/C6H14O4/c1-9-4-6(10-2)5(8)3-7/h5-8H,3-4H2,1-2H3. The van der Waals surface area contributed by atoms with E-state index in [9.17, 15) is 0 Å². The molecule has 62 valence electrons. The molecule has 0 aliphatic heterocycles. The van der Waals surface area contributed by atoms with Gasteiger partial charge in [-0.15, -0.1) is 0 Å². The lowest BCUT2D eigenvalue weighted by Crippen LogP contribution is -2.34. The highest BCUT2D eigenvalue weighted by molar-refractivity contribution is 4.65. The molecule has 0 saturated carbocycles. The van der Waals surface area contributed by atoms with E-state index >= 15 is 0 Å². The van der Waals surface area contributed by atoms with Crippen LogP contribution in [0.3, 0.4) is 0 Å². The van der Waals surface area contributed by atoms with Crippen molar-refractivity contribution < 1.29 is 19.7 Å². The zero-order valence-electron chi connectivity index (χ0n) is 6.28. The van der Waals surface area contributed by atoms with Crippen molar-refractivity contribution in [1.82, 2.24) is 0 Å². The Morgan fingerprint density at radius 1 is 1.40 bits per heavy atom. The molecule has 0 aromatic carbocycles. The summed E-state index contributed by atoms with van der Waals surface area (Å²) in [6.45, 7) is -0.0138. The summed E-state index contributed by atoms with van der Waals surface area (Å²) in [4.78, 5) is 0. The highest BCUT2D eigenvalue weighted by Gasteiger charge is 2.16. The molecule has 0 rings (SSSR count). The minimum atomic E-state index is -0.857. The summed E-state index contributed by atoms with van der Waals surface area (Å²) in [7, 11) is 2.97. The van der Waals surface area contributed by atoms with Crippen molar-refractivity contribution in [2.24, 2.45) is 0 Å². The van der Waals surface area contributed by atoms with Crippen LogP contribution in [0.4, 0.5) is 0 Å². The molecule has 0 aliphatic rings. The Hall–Kier alpha value is -0.160. The minimum Gasteiger partial charge on any atom is -0.394 e. The maximum absolute atomic E-state index is 8.99. The lowest BCUT2D eigenvalue weighted by molar-refractivity contribution is -0.0685. The second-order valence-electron chi connectivity index (χ2n) is 1.98. The predicted molar refractivity (Wildman–Crippen MR) is 35.8 cm³/mol. The van der Waals surface area contributed by atoms with Gasteiger partial charge in [0.25, 0.3) is 0 Å². The van der Waals surface area contributed by atoms with Gasteiger partial charge in [0.15, 0.2) is 0 Å². The number of aliphatic hydroxyl groups is 2. The molecule has 10 heavy (non-hydrogen) atoms. The van der Waals surface area contributed by atoms with E-state index in [1.807, 2.05) is 0 Å². The lowest BCUT2D eigenvalue weighted by atomic mass is 10.2. The molecular weight excluding hydrogens is 136 g/mol. The number of methoxy groups -OCH3 is 2. The molecule has 2 N–H and O–H groups in total. The first-order valence-electron chi connectivity index (χ1n) is 3.07. The Balaban J connectivity index is 3.56. The van der Waals surface area contributed by atoms with Crippen molar-refractivity contribution in [2.45, 2.75) is 12.2 Å². The first kappa shape index (κ1) is 9.84. The Morgan fingerprint density at radius 2 is 2.00 bits per heavy atom. The Morgan fingerprint density at radius 3 is 2.30 bits per heavy atom. The topological polar surface area (TPSA) is 58.9 Å². The van der Waals surface area contributed by atoms with Gasteiger partial charge >= 0.3 is 0 Å². The van der Waals surface area contributed by atoms with Crippen molar-refractivity contribution in [1.29, 1.82) is 0 Å². The smallest absolute Gasteiger partial charge is 0.108 e. The largest absolute Gasteiger partial charge is 0.394 e. The minimum absolute atomic E-state index is 0.290. The van der Waals surface area contributed by atoms with Crippen LogP contribution in [0.15, 0.2) is 0 Å². The Labute approximate surface area is 60.4 Å². The monoisotopic (exact) mass is 150 g/mol. The summed E-state index contributed by atoms with van der Waals surface area (Å²) < 4.78 is 9.53. The molecule has 0 aliphatic carbocycles. The molecule has 4 heteroatoms. The Kier molecular flexibility index (Phi) is 5.52. The van der Waals surface area contributed by atoms with E-state index in [1.54, 1.807) is 0 Å². The van der Waals surface area contributed by atoms with Gasteiger partial charge in [0.1, 0.15) is 12.2 Å². The molecule has 0 heterocycles. The van der Waals surface area contributed by atoms with Crippen LogP contribution in [-0.4, -0.2) is 49.9 Å². The fourth-order valence-electron chi connectivity index (χ4n) is 0.618. The zero-order chi connectivity index (χ0) is 7.98. The molecule has 0 amide bonds. The van der Waals surface area contributed by atoms with Crippen LogP contribution in [0.1, 0.15) is 0 Å². The average Bonchev–Trinajstić information content (AvgIpc) is 1.99. The van der Waals surface area contributed by atoms with Gasteiger partial charge in [-0.2, -0.15) is 0 Å². The van der Waals surface area contributed by atoms with Crippen LogP contribution in [0, 0.1) is 0 Å². The van der Waals surface area contributed by atoms with Crippen molar-refractivity contribution in [3.8, 4) is 0 Å². The molecule has 0 spiro atoms. The molecule has 4 nitrogen and oxygen atoms in total. The molecule has 0 saturated heterocycles. The number of rotatable bonds is 5. The third kappa shape index (κ3) is 3.12. The van der Waals surface area contributed by atoms with Gasteiger partial charge in [0.2, 0.25) is 0 Å². The third-order valence-electron chi connectivity index (χ3n) is 1.25. The first-order chi connectivity index (χ1) is 4.76. The molecule has 0 aromatic rings. The Bertz CT molecular complexity index is 76.1. The molecule has 0 fully saturated rings. The zero-order valence-corrected chi connectivity index (χ0v) is 6.28. The van der Waals surface area contributed by atoms with Gasteiger partial charge in [0, 0.05) is 14.2 Å². The normalized spacial score (nSPS) is 16.8. The number of ether oxygens (including phenoxy) is 2. The van der Waals surface area contributed by atoms with Crippen LogP contribution < -0.4 is 0 Å². The molecule has 2 unspecified atom stereocenters. The molecule has 0 bridgehead atoms. The van der Waals surface area contributed by atoms with Crippen LogP contribution >= 0.6 is 0 Å². The maximum Gasteiger partial charge on any atom is 0.108 e. The van der Waals surface area contributed by atoms with Gasteiger partial charge in [-0.1, -0.05) is 0 Å². The summed E-state index contributed by atoms with van der Waals surface area (Å²) >= 11 is 0. The van der Waals surface area contributed by atoms with Crippen molar-refractivity contribution in [3.63, 3.8) is 0 Å². The fraction of sp³-hybridized carbons (Fsp3) is 1.00. The molecule has 2 atom stereocenters. The number of aliphatic hydroxyl groups excluding tert-OH is 2. The van der Waals surface area contributed by atoms with Crippen LogP contribution in [0.25, 0.3) is 0 Å². The van der Waals surface area contributed by atoms with Crippen LogP contribution in [0.2, 0.25) is 0 Å². The van der Waals surface area contributed by atoms with Crippen LogP contribution in [0.5, 0.6) is 0 Å². The lowest BCUT2D eigenvalue weighted by Gasteiger charge is -2.18. The summed E-state index contributed by atoms with van der Waals surface area (Å²) in [5.41, 5.74) is 0. The molecule has 0 radical (unpaired) electrons. The predicted octanol–water partition coefficient (Wildman–Crippen LogP) is -0.999. The third-order valence-corrected chi connectivity index (χ3v) is 1.25. The second kappa shape index (κ2) is 5.61. The molecule has 0 aromatic heterocycles. The van der Waals surface area contributed by atoms with E-state index in [4.69, 9.17) is 19.7 Å². The summed E-state index contributed by atoms with van der Waals surface area (Å²) in [6, 6.07) is 0. The van der Waals surface area contributed by atoms with Crippen molar-refractivity contribution >= 4 is 0 Å². The first-order valence-corrected chi connectivity index (χ1v) is 3.07. The van der Waals surface area contributed by atoms with Gasteiger partial charge in [-0.3, -0.25) is 0 Å². The van der Waals surface area contributed by atoms with Gasteiger partial charge in [-0.25, -0.2) is 0 Å². The fourth-order valence-corrected chi connectivity index (χ4v) is 0.618. The van der Waals surface area contributed by atoms with Crippen molar-refractivity contribution in [3.05, 3.63) is 0 Å². The quantitative estimate of drug-likeness (QED) is 0.528. The maximum atomic E-state index is 8.99. The highest BCUT2D eigenvalue weighted by Crippen LogP contribution is 1.97. The average molecular weight is 150 g/mol. The van der Waals surface area contributed by atoms with E-state index in [0.717, 1.165) is 0 Å². The van der Waals surface area contributed by atoms with E-state index in [-0.39, 0.29) is 13.2 Å². The number of hydrogen-bond acceptors (Lipinski definition) is 4. The van der Waals surface area contributed by atoms with Crippen LogP contribution in [-0.2, 0) is 9.47 Å². The summed E-state index contributed by atoms with van der Waals surface area (Å²) in [5, 5.41) is 17.5. The van der Waals surface area contributed by atoms with E-state index < -0.39 is 12.2 Å². The number of hydrogen-bond donors (Lipinski definition) is 2. The summed E-state index contributed by atoms with van der Waals surface area (Å²) in [6.07, 6.45) is -1.29. The SMILES string of the molecule is COCC(OC)C(O)CO. The van der Waals surface area contributed by atoms with Gasteiger partial charge in [-0.05, 0) is 0 Å². The van der Waals surface area contributed by atoms with E-state index in [1.165, 1.54) is 14.2 Å². The van der Waals surface area contributed by atoms with Crippen molar-refractivity contribution in [2.75, 3.05) is 27.4 Å². The molecular formula is C6H14O4. The summed E-state index contributed by atoms with van der Waals surface area (Å²) in [5.74, 6) is 0. The van der Waals surface area contributed by atoms with Gasteiger partial charge in [0.05, 0.1) is 13.2 Å². The second-order valence-corrected chi connectivity index (χ2v) is 1.98.